The summed E-state index contributed by atoms with van der Waals surface area (Å²) in [6, 6.07) is 0. The molecule has 0 aromatic rings. The molecule has 1 saturated heterocycles. The fraction of sp³-hybridized carbons (Fsp3) is 0.800. The van der Waals surface area contributed by atoms with E-state index >= 15 is 0 Å². The number of ether oxygens (including phenoxy) is 2. The number of rotatable bonds is 3. The third-order valence-electron chi connectivity index (χ3n) is 1.59. The van der Waals surface area contributed by atoms with E-state index < -0.39 is 0 Å². The number of carbonyl (C=O) groups excluding carboxylic acids is 2. The van der Waals surface area contributed by atoms with Crippen molar-refractivity contribution in [1.29, 1.82) is 0 Å². The normalized spacial score (nSPS) is 15.1. The van der Waals surface area contributed by atoms with Crippen LogP contribution in [-0.2, 0) is 19.1 Å². The van der Waals surface area contributed by atoms with Crippen LogP contribution in [0, 0.1) is 0 Å². The lowest BCUT2D eigenvalue weighted by atomic mass is 10.2. The van der Waals surface area contributed by atoms with Crippen LogP contribution in [0.1, 0.15) is 33.1 Å². The van der Waals surface area contributed by atoms with Gasteiger partial charge in [-0.2, -0.15) is 0 Å². The smallest absolute Gasteiger partial charge is 0.332 e. The molecule has 82 valence electrons. The largest absolute Gasteiger partial charge is 0.462 e. The average Bonchev–Trinajstić information content (AvgIpc) is 2.17. The van der Waals surface area contributed by atoms with Crippen LogP contribution in [0.5, 0.6) is 0 Å². The topological polar surface area (TPSA) is 52.6 Å². The molecule has 1 aliphatic heterocycles. The maximum absolute atomic E-state index is 10.2. The molecule has 0 unspecified atom stereocenters. The van der Waals surface area contributed by atoms with Gasteiger partial charge in [0.05, 0.1) is 6.61 Å². The number of hydrogen-bond donors (Lipinski definition) is 0. The Bertz CT molecular complexity index is 169. The van der Waals surface area contributed by atoms with Gasteiger partial charge in [0.2, 0.25) is 0 Å². The van der Waals surface area contributed by atoms with Gasteiger partial charge in [0, 0.05) is 6.42 Å². The molecule has 0 N–H and O–H groups in total. The third-order valence-corrected chi connectivity index (χ3v) is 1.59. The molecular weight excluding hydrogens is 184 g/mol. The van der Waals surface area contributed by atoms with Gasteiger partial charge in [-0.15, -0.1) is 0 Å². The van der Waals surface area contributed by atoms with E-state index in [0.29, 0.717) is 19.0 Å². The Balaban J connectivity index is 0.000000241. The van der Waals surface area contributed by atoms with Crippen LogP contribution in [0.25, 0.3) is 0 Å². The zero-order chi connectivity index (χ0) is 10.8. The predicted molar refractivity (Wildman–Crippen MR) is 52.0 cm³/mol. The molecule has 14 heavy (non-hydrogen) atoms. The second kappa shape index (κ2) is 8.69. The van der Waals surface area contributed by atoms with Gasteiger partial charge >= 0.3 is 5.97 Å². The lowest BCUT2D eigenvalue weighted by molar-refractivity contribution is -0.159. The first kappa shape index (κ1) is 13.1. The molecule has 1 rings (SSSR count). The highest BCUT2D eigenvalue weighted by atomic mass is 16.6. The summed E-state index contributed by atoms with van der Waals surface area (Å²) in [5.74, 6) is 0.0492. The van der Waals surface area contributed by atoms with E-state index in [-0.39, 0.29) is 12.6 Å². The lowest BCUT2D eigenvalue weighted by Gasteiger charge is -2.09. The Labute approximate surface area is 84.6 Å². The number of cyclic esters (lactones) is 1. The van der Waals surface area contributed by atoms with Crippen LogP contribution in [0.4, 0.5) is 0 Å². The molecule has 0 bridgehead atoms. The van der Waals surface area contributed by atoms with Crippen molar-refractivity contribution in [2.45, 2.75) is 33.1 Å². The molecule has 1 heterocycles. The summed E-state index contributed by atoms with van der Waals surface area (Å²) in [6.07, 6.45) is 2.94. The maximum Gasteiger partial charge on any atom is 0.332 e. The van der Waals surface area contributed by atoms with Gasteiger partial charge in [-0.1, -0.05) is 13.3 Å². The summed E-state index contributed by atoms with van der Waals surface area (Å²) >= 11 is 0. The van der Waals surface area contributed by atoms with Gasteiger partial charge in [-0.25, -0.2) is 4.79 Å². The van der Waals surface area contributed by atoms with Crippen LogP contribution < -0.4 is 0 Å². The van der Waals surface area contributed by atoms with Crippen LogP contribution >= 0.6 is 0 Å². The minimum absolute atomic E-state index is 0.125. The highest BCUT2D eigenvalue weighted by molar-refractivity contribution is 5.75. The summed E-state index contributed by atoms with van der Waals surface area (Å²) < 4.78 is 9.22. The first-order chi connectivity index (χ1) is 6.66. The predicted octanol–water partition coefficient (Wildman–Crippen LogP) is 1.33. The number of ketones is 1. The minimum atomic E-state index is -0.258. The van der Waals surface area contributed by atoms with E-state index in [1.807, 2.05) is 0 Å². The Morgan fingerprint density at radius 2 is 2.14 bits per heavy atom. The third kappa shape index (κ3) is 9.19. The summed E-state index contributed by atoms with van der Waals surface area (Å²) in [7, 11) is 0. The first-order valence-corrected chi connectivity index (χ1v) is 4.89. The second-order valence-corrected chi connectivity index (χ2v) is 3.08. The Morgan fingerprint density at radius 1 is 1.43 bits per heavy atom. The van der Waals surface area contributed by atoms with E-state index in [2.05, 4.69) is 11.7 Å². The summed E-state index contributed by atoms with van der Waals surface area (Å²) in [6.45, 7) is 4.81. The second-order valence-electron chi connectivity index (χ2n) is 3.08. The molecule has 0 spiro atoms. The fourth-order valence-electron chi connectivity index (χ4n) is 0.837. The zero-order valence-electron chi connectivity index (χ0n) is 8.88. The molecule has 0 aromatic carbocycles. The fourth-order valence-corrected chi connectivity index (χ4v) is 0.837. The van der Waals surface area contributed by atoms with Crippen molar-refractivity contribution >= 4 is 11.8 Å². The van der Waals surface area contributed by atoms with Crippen LogP contribution in [0.15, 0.2) is 0 Å². The van der Waals surface area contributed by atoms with Crippen molar-refractivity contribution in [1.82, 2.24) is 0 Å². The van der Waals surface area contributed by atoms with E-state index in [1.165, 1.54) is 0 Å². The number of unbranched alkanes of at least 4 members (excludes halogenated alkanes) is 1. The van der Waals surface area contributed by atoms with Gasteiger partial charge in [-0.05, 0) is 13.3 Å². The van der Waals surface area contributed by atoms with E-state index in [1.54, 1.807) is 6.92 Å². The zero-order valence-corrected chi connectivity index (χ0v) is 8.88. The Morgan fingerprint density at radius 3 is 2.36 bits per heavy atom. The minimum Gasteiger partial charge on any atom is -0.462 e. The number of hydrogen-bond acceptors (Lipinski definition) is 4. The summed E-state index contributed by atoms with van der Waals surface area (Å²) in [5.41, 5.74) is 0. The van der Waals surface area contributed by atoms with E-state index in [0.717, 1.165) is 19.3 Å². The quantitative estimate of drug-likeness (QED) is 0.648. The van der Waals surface area contributed by atoms with Gasteiger partial charge in [0.1, 0.15) is 19.0 Å². The molecule has 0 aromatic heterocycles. The van der Waals surface area contributed by atoms with E-state index in [9.17, 15) is 9.59 Å². The molecule has 4 nitrogen and oxygen atoms in total. The molecule has 0 atom stereocenters. The van der Waals surface area contributed by atoms with Crippen LogP contribution in [0.2, 0.25) is 0 Å². The molecule has 0 saturated carbocycles. The van der Waals surface area contributed by atoms with Crippen molar-refractivity contribution in [3.8, 4) is 0 Å². The number of Topliss-reactive ketones (excluding diaryl/α,β-unsaturated/α-hetero) is 1. The highest BCUT2D eigenvalue weighted by Crippen LogP contribution is 1.92. The average molecular weight is 202 g/mol. The number of carbonyl (C=O) groups is 2. The lowest BCUT2D eigenvalue weighted by Crippen LogP contribution is -2.22. The van der Waals surface area contributed by atoms with Crippen molar-refractivity contribution in [2.75, 3.05) is 19.8 Å². The van der Waals surface area contributed by atoms with Gasteiger partial charge in [0.15, 0.2) is 0 Å². The molecule has 0 amide bonds. The van der Waals surface area contributed by atoms with Gasteiger partial charge in [-0.3, -0.25) is 0 Å². The summed E-state index contributed by atoms with van der Waals surface area (Å²) in [4.78, 5) is 20.3. The SMILES string of the molecule is CCCCC(C)=O.O=C1COCCO1. The number of esters is 1. The first-order valence-electron chi connectivity index (χ1n) is 4.89. The summed E-state index contributed by atoms with van der Waals surface area (Å²) in [5, 5.41) is 0. The van der Waals surface area contributed by atoms with Gasteiger partial charge < -0.3 is 14.3 Å². The molecule has 4 heteroatoms. The van der Waals surface area contributed by atoms with Crippen molar-refractivity contribution in [2.24, 2.45) is 0 Å². The van der Waals surface area contributed by atoms with E-state index in [4.69, 9.17) is 4.74 Å². The Kier molecular flexibility index (Phi) is 8.13. The standard InChI is InChI=1S/C6H12O.C4H6O3/c1-3-4-5-6(2)7;5-4-3-6-1-2-7-4/h3-5H2,1-2H3;1-3H2. The maximum atomic E-state index is 10.2. The molecule has 1 aliphatic rings. The van der Waals surface area contributed by atoms with Crippen molar-refractivity contribution in [3.63, 3.8) is 0 Å². The molecular formula is C10H18O4. The highest BCUT2D eigenvalue weighted by Gasteiger charge is 2.06. The van der Waals surface area contributed by atoms with Gasteiger partial charge in [0.25, 0.3) is 0 Å². The molecule has 0 radical (unpaired) electrons. The van der Waals surface area contributed by atoms with Crippen molar-refractivity contribution < 1.29 is 19.1 Å². The molecule has 1 fully saturated rings. The monoisotopic (exact) mass is 202 g/mol. The Hall–Kier alpha value is -0.900. The van der Waals surface area contributed by atoms with Crippen molar-refractivity contribution in [3.05, 3.63) is 0 Å². The van der Waals surface area contributed by atoms with Crippen LogP contribution in [-0.4, -0.2) is 31.6 Å². The van der Waals surface area contributed by atoms with Crippen LogP contribution in [0.3, 0.4) is 0 Å². The molecule has 0 aliphatic carbocycles.